The van der Waals surface area contributed by atoms with Crippen LogP contribution in [0.1, 0.15) is 22.8 Å². The van der Waals surface area contributed by atoms with Crippen LogP contribution in [-0.4, -0.2) is 39.4 Å². The number of nitrogens with one attached hydrogen (secondary N) is 2. The zero-order valence-corrected chi connectivity index (χ0v) is 12.3. The molecule has 0 saturated heterocycles. The summed E-state index contributed by atoms with van der Waals surface area (Å²) in [5, 5.41) is 5.74. The highest BCUT2D eigenvalue weighted by Crippen LogP contribution is 2.17. The first-order valence-corrected chi connectivity index (χ1v) is 8.20. The van der Waals surface area contributed by atoms with Gasteiger partial charge < -0.3 is 10.6 Å². The first-order chi connectivity index (χ1) is 8.83. The average molecular weight is 284 g/mol. The van der Waals surface area contributed by atoms with Crippen LogP contribution in [-0.2, 0) is 9.84 Å². The normalized spacial score (nSPS) is 11.1. The summed E-state index contributed by atoms with van der Waals surface area (Å²) >= 11 is 0. The van der Waals surface area contributed by atoms with Gasteiger partial charge in [-0.05, 0) is 26.0 Å². The minimum Gasteiger partial charge on any atom is -0.385 e. The highest BCUT2D eigenvalue weighted by molar-refractivity contribution is 7.90. The number of anilines is 1. The van der Waals surface area contributed by atoms with Gasteiger partial charge in [0.15, 0.2) is 0 Å². The van der Waals surface area contributed by atoms with Crippen LogP contribution in [0.3, 0.4) is 0 Å². The predicted molar refractivity (Wildman–Crippen MR) is 77.4 cm³/mol. The lowest BCUT2D eigenvalue weighted by Crippen LogP contribution is -2.29. The number of rotatable bonds is 6. The van der Waals surface area contributed by atoms with Crippen LogP contribution in [0.25, 0.3) is 0 Å². The Kier molecular flexibility index (Phi) is 5.35. The zero-order chi connectivity index (χ0) is 14.5. The van der Waals surface area contributed by atoms with Crippen molar-refractivity contribution in [2.45, 2.75) is 13.8 Å². The molecule has 1 amide bonds. The van der Waals surface area contributed by atoms with E-state index in [9.17, 15) is 13.2 Å². The highest BCUT2D eigenvalue weighted by atomic mass is 32.2. The quantitative estimate of drug-likeness (QED) is 0.823. The van der Waals surface area contributed by atoms with Crippen LogP contribution in [0.4, 0.5) is 5.69 Å². The molecular formula is C13H20N2O3S. The van der Waals surface area contributed by atoms with Gasteiger partial charge in [0.2, 0.25) is 0 Å². The number of hydrogen-bond donors (Lipinski definition) is 2. The van der Waals surface area contributed by atoms with E-state index < -0.39 is 9.84 Å². The van der Waals surface area contributed by atoms with Crippen LogP contribution in [0.15, 0.2) is 18.2 Å². The van der Waals surface area contributed by atoms with Crippen molar-refractivity contribution in [1.29, 1.82) is 0 Å². The van der Waals surface area contributed by atoms with E-state index >= 15 is 0 Å². The fourth-order valence-corrected chi connectivity index (χ4v) is 2.11. The molecule has 0 aliphatic heterocycles. The monoisotopic (exact) mass is 284 g/mol. The number of carbonyl (C=O) groups excluding carboxylic acids is 1. The van der Waals surface area contributed by atoms with E-state index in [0.29, 0.717) is 12.1 Å². The van der Waals surface area contributed by atoms with Crippen molar-refractivity contribution in [2.75, 3.05) is 30.4 Å². The topological polar surface area (TPSA) is 75.3 Å². The summed E-state index contributed by atoms with van der Waals surface area (Å²) in [6, 6.07) is 5.56. The molecule has 0 aliphatic rings. The molecule has 0 radical (unpaired) electrons. The Balaban J connectivity index is 2.78. The third kappa shape index (κ3) is 5.30. The van der Waals surface area contributed by atoms with E-state index in [4.69, 9.17) is 0 Å². The van der Waals surface area contributed by atoms with Crippen molar-refractivity contribution in [3.05, 3.63) is 29.3 Å². The molecule has 0 fully saturated rings. The molecule has 0 spiro atoms. The molecule has 106 valence electrons. The van der Waals surface area contributed by atoms with Gasteiger partial charge in [-0.15, -0.1) is 0 Å². The van der Waals surface area contributed by atoms with Gasteiger partial charge in [0, 0.05) is 25.0 Å². The maximum absolute atomic E-state index is 12.0. The van der Waals surface area contributed by atoms with Gasteiger partial charge in [0.05, 0.1) is 11.3 Å². The van der Waals surface area contributed by atoms with Gasteiger partial charge in [-0.2, -0.15) is 0 Å². The lowest BCUT2D eigenvalue weighted by molar-refractivity contribution is 0.0957. The SMILES string of the molecule is CCNc1ccc(C)cc1C(=O)NCCS(C)(=O)=O. The second kappa shape index (κ2) is 6.56. The number of carbonyl (C=O) groups is 1. The summed E-state index contributed by atoms with van der Waals surface area (Å²) < 4.78 is 22.0. The van der Waals surface area contributed by atoms with Crippen LogP contribution in [0, 0.1) is 6.92 Å². The Morgan fingerprint density at radius 1 is 1.32 bits per heavy atom. The molecule has 1 rings (SSSR count). The Bertz CT molecular complexity index is 553. The Hall–Kier alpha value is -1.56. The van der Waals surface area contributed by atoms with Gasteiger partial charge in [0.1, 0.15) is 9.84 Å². The number of benzene rings is 1. The lowest BCUT2D eigenvalue weighted by Gasteiger charge is -2.11. The molecule has 1 aromatic rings. The van der Waals surface area contributed by atoms with Crippen LogP contribution in [0.2, 0.25) is 0 Å². The smallest absolute Gasteiger partial charge is 0.253 e. The summed E-state index contributed by atoms with van der Waals surface area (Å²) in [6.07, 6.45) is 1.15. The van der Waals surface area contributed by atoms with Gasteiger partial charge in [-0.25, -0.2) is 8.42 Å². The van der Waals surface area contributed by atoms with E-state index in [2.05, 4.69) is 10.6 Å². The Morgan fingerprint density at radius 3 is 2.58 bits per heavy atom. The van der Waals surface area contributed by atoms with E-state index in [-0.39, 0.29) is 18.2 Å². The first-order valence-electron chi connectivity index (χ1n) is 6.14. The summed E-state index contributed by atoms with van der Waals surface area (Å²) in [6.45, 7) is 4.69. The molecular weight excluding hydrogens is 264 g/mol. The summed E-state index contributed by atoms with van der Waals surface area (Å²) in [5.74, 6) is -0.315. The summed E-state index contributed by atoms with van der Waals surface area (Å²) in [4.78, 5) is 12.0. The molecule has 0 unspecified atom stereocenters. The lowest BCUT2D eigenvalue weighted by atomic mass is 10.1. The van der Waals surface area contributed by atoms with E-state index in [1.54, 1.807) is 6.07 Å². The van der Waals surface area contributed by atoms with Crippen molar-refractivity contribution in [3.63, 3.8) is 0 Å². The number of hydrogen-bond acceptors (Lipinski definition) is 4. The fourth-order valence-electron chi connectivity index (χ4n) is 1.64. The van der Waals surface area contributed by atoms with Gasteiger partial charge in [-0.3, -0.25) is 4.79 Å². The summed E-state index contributed by atoms with van der Waals surface area (Å²) in [7, 11) is -3.06. The molecule has 6 heteroatoms. The molecule has 0 bridgehead atoms. The van der Waals surface area contributed by atoms with Crippen LogP contribution in [0.5, 0.6) is 0 Å². The molecule has 0 saturated carbocycles. The Labute approximate surface area is 114 Å². The number of sulfone groups is 1. The molecule has 0 aliphatic carbocycles. The molecule has 0 aromatic heterocycles. The third-order valence-electron chi connectivity index (χ3n) is 2.55. The van der Waals surface area contributed by atoms with Crippen molar-refractivity contribution in [3.8, 4) is 0 Å². The predicted octanol–water partition coefficient (Wildman–Crippen LogP) is 1.20. The first kappa shape index (κ1) is 15.5. The molecule has 19 heavy (non-hydrogen) atoms. The maximum atomic E-state index is 12.0. The molecule has 0 heterocycles. The van der Waals surface area contributed by atoms with Crippen molar-refractivity contribution < 1.29 is 13.2 Å². The van der Waals surface area contributed by atoms with Crippen molar-refractivity contribution in [1.82, 2.24) is 5.32 Å². The Morgan fingerprint density at radius 2 is 2.00 bits per heavy atom. The van der Waals surface area contributed by atoms with E-state index in [0.717, 1.165) is 17.5 Å². The van der Waals surface area contributed by atoms with Crippen LogP contribution >= 0.6 is 0 Å². The highest BCUT2D eigenvalue weighted by Gasteiger charge is 2.12. The van der Waals surface area contributed by atoms with Crippen molar-refractivity contribution in [2.24, 2.45) is 0 Å². The van der Waals surface area contributed by atoms with Gasteiger partial charge in [-0.1, -0.05) is 11.6 Å². The number of aryl methyl sites for hydroxylation is 1. The van der Waals surface area contributed by atoms with E-state index in [1.165, 1.54) is 0 Å². The minimum absolute atomic E-state index is 0.0545. The maximum Gasteiger partial charge on any atom is 0.253 e. The molecule has 5 nitrogen and oxygen atoms in total. The average Bonchev–Trinajstić information content (AvgIpc) is 2.30. The minimum atomic E-state index is -3.06. The van der Waals surface area contributed by atoms with Gasteiger partial charge >= 0.3 is 0 Å². The second-order valence-electron chi connectivity index (χ2n) is 4.47. The molecule has 2 N–H and O–H groups in total. The largest absolute Gasteiger partial charge is 0.385 e. The standard InChI is InChI=1S/C13H20N2O3S/c1-4-14-12-6-5-10(2)9-11(12)13(16)15-7-8-19(3,17)18/h5-6,9,14H,4,7-8H2,1-3H3,(H,15,16). The van der Waals surface area contributed by atoms with Crippen LogP contribution < -0.4 is 10.6 Å². The summed E-state index contributed by atoms with van der Waals surface area (Å²) in [5.41, 5.74) is 2.27. The zero-order valence-electron chi connectivity index (χ0n) is 11.5. The molecule has 0 atom stereocenters. The molecule has 1 aromatic carbocycles. The number of amides is 1. The van der Waals surface area contributed by atoms with Crippen molar-refractivity contribution >= 4 is 21.4 Å². The third-order valence-corrected chi connectivity index (χ3v) is 3.49. The second-order valence-corrected chi connectivity index (χ2v) is 6.72. The van der Waals surface area contributed by atoms with E-state index in [1.807, 2.05) is 26.0 Å². The fraction of sp³-hybridized carbons (Fsp3) is 0.462. The van der Waals surface area contributed by atoms with Gasteiger partial charge in [0.25, 0.3) is 5.91 Å².